The summed E-state index contributed by atoms with van der Waals surface area (Å²) in [6.07, 6.45) is 7.28. The second-order valence-electron chi connectivity index (χ2n) is 5.27. The van der Waals surface area contributed by atoms with Gasteiger partial charge in [0.25, 0.3) is 0 Å². The smallest absolute Gasteiger partial charge is 0.0827 e. The first kappa shape index (κ1) is 10.3. The second-order valence-corrected chi connectivity index (χ2v) is 5.27. The average molecular weight is 216 g/mol. The minimum atomic E-state index is 0.362. The van der Waals surface area contributed by atoms with Gasteiger partial charge in [0.1, 0.15) is 0 Å². The van der Waals surface area contributed by atoms with E-state index in [9.17, 15) is 0 Å². The molecule has 0 radical (unpaired) electrons. The zero-order valence-corrected chi connectivity index (χ0v) is 9.77. The Bertz CT molecular complexity index is 333. The van der Waals surface area contributed by atoms with E-state index in [0.717, 1.165) is 18.4 Å². The van der Waals surface area contributed by atoms with Gasteiger partial charge in [0.15, 0.2) is 0 Å². The molecule has 2 fully saturated rings. The number of benzene rings is 1. The van der Waals surface area contributed by atoms with Gasteiger partial charge in [-0.3, -0.25) is 0 Å². The summed E-state index contributed by atoms with van der Waals surface area (Å²) >= 11 is 0. The normalized spacial score (nSPS) is 34.4. The molecule has 0 spiro atoms. The summed E-state index contributed by atoms with van der Waals surface area (Å²) in [5.74, 6) is 1.78. The Morgan fingerprint density at radius 3 is 2.50 bits per heavy atom. The van der Waals surface area contributed by atoms with Crippen molar-refractivity contribution in [3.8, 4) is 0 Å². The van der Waals surface area contributed by atoms with Crippen LogP contribution < -0.4 is 0 Å². The first-order chi connectivity index (χ1) is 7.93. The predicted molar refractivity (Wildman–Crippen MR) is 65.2 cm³/mol. The van der Waals surface area contributed by atoms with Crippen LogP contribution in [0.4, 0.5) is 0 Å². The molecule has 0 bridgehead atoms. The standard InChI is InChI=1S/C15H20O/c1-2-6-12(7-3-1)15-10-13-8-4-5-9-14(13)11-16-15/h1-3,6-7,13-15H,4-5,8-11H2/t13-,14-,15+/m1/s1. The lowest BCUT2D eigenvalue weighted by Crippen LogP contribution is -2.31. The summed E-state index contributed by atoms with van der Waals surface area (Å²) in [5, 5.41) is 0. The van der Waals surface area contributed by atoms with Crippen molar-refractivity contribution >= 4 is 0 Å². The van der Waals surface area contributed by atoms with E-state index >= 15 is 0 Å². The average Bonchev–Trinajstić information content (AvgIpc) is 2.39. The van der Waals surface area contributed by atoms with Crippen molar-refractivity contribution in [1.82, 2.24) is 0 Å². The molecule has 1 nitrogen and oxygen atoms in total. The van der Waals surface area contributed by atoms with E-state index in [1.165, 1.54) is 37.7 Å². The van der Waals surface area contributed by atoms with E-state index in [1.54, 1.807) is 0 Å². The van der Waals surface area contributed by atoms with Gasteiger partial charge >= 0.3 is 0 Å². The van der Waals surface area contributed by atoms with E-state index in [2.05, 4.69) is 30.3 Å². The van der Waals surface area contributed by atoms with E-state index in [0.29, 0.717) is 6.10 Å². The largest absolute Gasteiger partial charge is 0.373 e. The summed E-state index contributed by atoms with van der Waals surface area (Å²) in [5.41, 5.74) is 1.37. The Kier molecular flexibility index (Phi) is 2.96. The summed E-state index contributed by atoms with van der Waals surface area (Å²) in [6.45, 7) is 0.990. The number of ether oxygens (including phenoxy) is 1. The van der Waals surface area contributed by atoms with Crippen LogP contribution in [-0.4, -0.2) is 6.61 Å². The van der Waals surface area contributed by atoms with E-state index in [4.69, 9.17) is 4.74 Å². The van der Waals surface area contributed by atoms with E-state index in [1.807, 2.05) is 0 Å². The van der Waals surface area contributed by atoms with Gasteiger partial charge < -0.3 is 4.74 Å². The third-order valence-electron chi connectivity index (χ3n) is 4.27. The molecule has 1 heteroatoms. The lowest BCUT2D eigenvalue weighted by atomic mass is 9.74. The van der Waals surface area contributed by atoms with Gasteiger partial charge in [0.05, 0.1) is 12.7 Å². The SMILES string of the molecule is c1ccc([C@@H]2C[C@H]3CCCC[C@@H]3CO2)cc1. The lowest BCUT2D eigenvalue weighted by Gasteiger charge is -2.39. The zero-order chi connectivity index (χ0) is 10.8. The van der Waals surface area contributed by atoms with Crippen LogP contribution in [0.2, 0.25) is 0 Å². The van der Waals surface area contributed by atoms with Crippen LogP contribution in [0, 0.1) is 11.8 Å². The minimum Gasteiger partial charge on any atom is -0.373 e. The molecule has 86 valence electrons. The molecule has 1 saturated carbocycles. The monoisotopic (exact) mass is 216 g/mol. The van der Waals surface area contributed by atoms with E-state index < -0.39 is 0 Å². The van der Waals surface area contributed by atoms with Crippen LogP contribution in [0.25, 0.3) is 0 Å². The molecule has 0 N–H and O–H groups in total. The maximum absolute atomic E-state index is 6.03. The molecule has 3 atom stereocenters. The third kappa shape index (κ3) is 2.01. The first-order valence-corrected chi connectivity index (χ1v) is 6.60. The molecule has 2 aliphatic rings. The topological polar surface area (TPSA) is 9.23 Å². The maximum Gasteiger partial charge on any atom is 0.0827 e. The fraction of sp³-hybridized carbons (Fsp3) is 0.600. The Labute approximate surface area is 97.8 Å². The van der Waals surface area contributed by atoms with Crippen LogP contribution >= 0.6 is 0 Å². The molecule has 0 amide bonds. The molecular weight excluding hydrogens is 196 g/mol. The second kappa shape index (κ2) is 4.58. The molecule has 0 unspecified atom stereocenters. The molecule has 1 aromatic carbocycles. The van der Waals surface area contributed by atoms with Crippen LogP contribution in [0.15, 0.2) is 30.3 Å². The van der Waals surface area contributed by atoms with Crippen molar-refractivity contribution in [2.75, 3.05) is 6.61 Å². The predicted octanol–water partition coefficient (Wildman–Crippen LogP) is 3.95. The number of rotatable bonds is 1. The van der Waals surface area contributed by atoms with Crippen molar-refractivity contribution in [1.29, 1.82) is 0 Å². The van der Waals surface area contributed by atoms with Gasteiger partial charge in [-0.25, -0.2) is 0 Å². The molecule has 3 rings (SSSR count). The van der Waals surface area contributed by atoms with Crippen LogP contribution in [0.5, 0.6) is 0 Å². The van der Waals surface area contributed by atoms with Crippen molar-refractivity contribution in [2.45, 2.75) is 38.2 Å². The molecule has 0 aromatic heterocycles. The highest BCUT2D eigenvalue weighted by Crippen LogP contribution is 2.41. The molecule has 16 heavy (non-hydrogen) atoms. The van der Waals surface area contributed by atoms with Crippen LogP contribution in [0.1, 0.15) is 43.8 Å². The first-order valence-electron chi connectivity index (χ1n) is 6.60. The maximum atomic E-state index is 6.03. The Hall–Kier alpha value is -0.820. The zero-order valence-electron chi connectivity index (χ0n) is 9.77. The van der Waals surface area contributed by atoms with E-state index in [-0.39, 0.29) is 0 Å². The number of hydrogen-bond acceptors (Lipinski definition) is 1. The van der Waals surface area contributed by atoms with Crippen molar-refractivity contribution < 1.29 is 4.74 Å². The highest BCUT2D eigenvalue weighted by molar-refractivity contribution is 5.18. The Morgan fingerprint density at radius 1 is 0.938 bits per heavy atom. The lowest BCUT2D eigenvalue weighted by molar-refractivity contribution is -0.0612. The van der Waals surface area contributed by atoms with Crippen molar-refractivity contribution in [2.24, 2.45) is 11.8 Å². The summed E-state index contributed by atoms with van der Waals surface area (Å²) in [4.78, 5) is 0. The van der Waals surface area contributed by atoms with Gasteiger partial charge in [-0.2, -0.15) is 0 Å². The summed E-state index contributed by atoms with van der Waals surface area (Å²) in [6, 6.07) is 10.7. The fourth-order valence-electron chi connectivity index (χ4n) is 3.30. The molecule has 1 saturated heterocycles. The van der Waals surface area contributed by atoms with Crippen molar-refractivity contribution in [3.63, 3.8) is 0 Å². The molecule has 1 aromatic rings. The highest BCUT2D eigenvalue weighted by atomic mass is 16.5. The van der Waals surface area contributed by atoms with Gasteiger partial charge in [-0.05, 0) is 36.7 Å². The number of fused-ring (bicyclic) bond motifs is 1. The van der Waals surface area contributed by atoms with Gasteiger partial charge in [-0.15, -0.1) is 0 Å². The van der Waals surface area contributed by atoms with Crippen molar-refractivity contribution in [3.05, 3.63) is 35.9 Å². The number of hydrogen-bond donors (Lipinski definition) is 0. The summed E-state index contributed by atoms with van der Waals surface area (Å²) < 4.78 is 6.03. The highest BCUT2D eigenvalue weighted by Gasteiger charge is 2.33. The molecular formula is C15H20O. The fourth-order valence-corrected chi connectivity index (χ4v) is 3.30. The molecule has 1 aliphatic heterocycles. The van der Waals surface area contributed by atoms with Gasteiger partial charge in [0.2, 0.25) is 0 Å². The minimum absolute atomic E-state index is 0.362. The third-order valence-corrected chi connectivity index (χ3v) is 4.27. The Morgan fingerprint density at radius 2 is 1.69 bits per heavy atom. The van der Waals surface area contributed by atoms with Gasteiger partial charge in [-0.1, -0.05) is 43.2 Å². The Balaban J connectivity index is 1.71. The quantitative estimate of drug-likeness (QED) is 0.690. The van der Waals surface area contributed by atoms with Gasteiger partial charge in [0, 0.05) is 0 Å². The molecule has 1 aliphatic carbocycles. The molecule has 1 heterocycles. The summed E-state index contributed by atoms with van der Waals surface area (Å²) in [7, 11) is 0. The van der Waals surface area contributed by atoms with Crippen LogP contribution in [-0.2, 0) is 4.74 Å². The van der Waals surface area contributed by atoms with Crippen LogP contribution in [0.3, 0.4) is 0 Å².